The van der Waals surface area contributed by atoms with Gasteiger partial charge in [-0.15, -0.1) is 11.3 Å². The van der Waals surface area contributed by atoms with Gasteiger partial charge in [0.05, 0.1) is 15.4 Å². The Morgan fingerprint density at radius 1 is 1.53 bits per heavy atom. The SMILES string of the molecule is CNC(Cc1csc(C)n1)C(C)(C)S(C)(=O)=O. The maximum absolute atomic E-state index is 11.8. The highest BCUT2D eigenvalue weighted by Gasteiger charge is 2.38. The van der Waals surface area contributed by atoms with Gasteiger partial charge in [-0.2, -0.15) is 0 Å². The summed E-state index contributed by atoms with van der Waals surface area (Å²) in [5.41, 5.74) is 0.948. The molecule has 0 saturated carbocycles. The van der Waals surface area contributed by atoms with Crippen LogP contribution in [0.25, 0.3) is 0 Å². The second kappa shape index (κ2) is 5.04. The van der Waals surface area contributed by atoms with E-state index >= 15 is 0 Å². The maximum Gasteiger partial charge on any atom is 0.154 e. The molecule has 0 aliphatic carbocycles. The van der Waals surface area contributed by atoms with Crippen LogP contribution < -0.4 is 5.32 Å². The van der Waals surface area contributed by atoms with Gasteiger partial charge in [-0.25, -0.2) is 13.4 Å². The minimum Gasteiger partial charge on any atom is -0.315 e. The Labute approximate surface area is 107 Å². The van der Waals surface area contributed by atoms with Crippen LogP contribution in [0.1, 0.15) is 24.5 Å². The highest BCUT2D eigenvalue weighted by atomic mass is 32.2. The molecule has 0 aliphatic heterocycles. The van der Waals surface area contributed by atoms with Crippen LogP contribution in [0.3, 0.4) is 0 Å². The van der Waals surface area contributed by atoms with E-state index in [-0.39, 0.29) is 6.04 Å². The summed E-state index contributed by atoms with van der Waals surface area (Å²) in [6, 6.07) is -0.140. The van der Waals surface area contributed by atoms with Crippen molar-refractivity contribution in [1.29, 1.82) is 0 Å². The van der Waals surface area contributed by atoms with Crippen LogP contribution >= 0.6 is 11.3 Å². The van der Waals surface area contributed by atoms with Gasteiger partial charge in [-0.05, 0) is 27.8 Å². The molecule has 6 heteroatoms. The number of nitrogens with zero attached hydrogens (tertiary/aromatic N) is 1. The van der Waals surface area contributed by atoms with Gasteiger partial charge in [-0.1, -0.05) is 0 Å². The van der Waals surface area contributed by atoms with Gasteiger partial charge < -0.3 is 5.32 Å². The fourth-order valence-electron chi connectivity index (χ4n) is 1.66. The zero-order chi connectivity index (χ0) is 13.3. The molecule has 0 radical (unpaired) electrons. The van der Waals surface area contributed by atoms with E-state index in [0.29, 0.717) is 6.42 Å². The van der Waals surface area contributed by atoms with Crippen molar-refractivity contribution < 1.29 is 8.42 Å². The Morgan fingerprint density at radius 3 is 2.47 bits per heavy atom. The molecule has 0 amide bonds. The van der Waals surface area contributed by atoms with Gasteiger partial charge in [0.25, 0.3) is 0 Å². The summed E-state index contributed by atoms with van der Waals surface area (Å²) in [4.78, 5) is 4.38. The van der Waals surface area contributed by atoms with Crippen molar-refractivity contribution in [3.63, 3.8) is 0 Å². The number of hydrogen-bond acceptors (Lipinski definition) is 5. The first-order valence-corrected chi connectivity index (χ1v) is 8.23. The first-order chi connectivity index (χ1) is 7.68. The highest BCUT2D eigenvalue weighted by molar-refractivity contribution is 7.92. The number of nitrogens with one attached hydrogen (secondary N) is 1. The smallest absolute Gasteiger partial charge is 0.154 e. The van der Waals surface area contributed by atoms with Crippen molar-refractivity contribution in [3.8, 4) is 0 Å². The van der Waals surface area contributed by atoms with Gasteiger partial charge in [-0.3, -0.25) is 0 Å². The van der Waals surface area contributed by atoms with E-state index in [1.54, 1.807) is 32.2 Å². The number of aryl methyl sites for hydroxylation is 1. The van der Waals surface area contributed by atoms with Crippen molar-refractivity contribution in [3.05, 3.63) is 16.1 Å². The average Bonchev–Trinajstić information content (AvgIpc) is 2.58. The molecule has 0 saturated heterocycles. The lowest BCUT2D eigenvalue weighted by molar-refractivity contribution is 0.428. The summed E-state index contributed by atoms with van der Waals surface area (Å²) in [5.74, 6) is 0. The lowest BCUT2D eigenvalue weighted by Crippen LogP contribution is -2.51. The first-order valence-electron chi connectivity index (χ1n) is 5.46. The summed E-state index contributed by atoms with van der Waals surface area (Å²) in [6.45, 7) is 5.45. The van der Waals surface area contributed by atoms with Crippen molar-refractivity contribution >= 4 is 21.2 Å². The monoisotopic (exact) mass is 276 g/mol. The number of thiazole rings is 1. The minimum atomic E-state index is -3.11. The molecule has 0 bridgehead atoms. The van der Waals surface area contributed by atoms with Crippen LogP contribution in [0, 0.1) is 6.92 Å². The lowest BCUT2D eigenvalue weighted by Gasteiger charge is -2.32. The lowest BCUT2D eigenvalue weighted by atomic mass is 9.99. The summed E-state index contributed by atoms with van der Waals surface area (Å²) in [6.07, 6.45) is 1.91. The van der Waals surface area contributed by atoms with Gasteiger partial charge in [0, 0.05) is 24.1 Å². The van der Waals surface area contributed by atoms with E-state index in [1.807, 2.05) is 12.3 Å². The third-order valence-electron chi connectivity index (χ3n) is 3.22. The predicted molar refractivity (Wildman–Crippen MR) is 72.3 cm³/mol. The molecule has 1 aromatic rings. The van der Waals surface area contributed by atoms with Crippen molar-refractivity contribution in [1.82, 2.24) is 10.3 Å². The van der Waals surface area contributed by atoms with Gasteiger partial charge in [0.1, 0.15) is 0 Å². The molecule has 1 atom stereocenters. The molecule has 4 nitrogen and oxygen atoms in total. The summed E-state index contributed by atoms with van der Waals surface area (Å²) < 4.78 is 22.8. The fraction of sp³-hybridized carbons (Fsp3) is 0.727. The Bertz CT molecular complexity index is 477. The van der Waals surface area contributed by atoms with Crippen molar-refractivity contribution in [2.45, 2.75) is 38.0 Å². The van der Waals surface area contributed by atoms with E-state index < -0.39 is 14.6 Å². The quantitative estimate of drug-likeness (QED) is 0.883. The van der Waals surface area contributed by atoms with E-state index in [9.17, 15) is 8.42 Å². The average molecular weight is 276 g/mol. The minimum absolute atomic E-state index is 0.140. The van der Waals surface area contributed by atoms with Crippen molar-refractivity contribution in [2.24, 2.45) is 0 Å². The van der Waals surface area contributed by atoms with Crippen LogP contribution in [0.4, 0.5) is 0 Å². The second-order valence-electron chi connectivity index (χ2n) is 4.78. The standard InChI is InChI=1S/C11H20N2O2S2/c1-8-13-9(7-16-8)6-10(12-4)11(2,3)17(5,14)15/h7,10,12H,6H2,1-5H3. The Balaban J connectivity index is 2.93. The molecule has 1 rings (SSSR count). The molecular weight excluding hydrogens is 256 g/mol. The predicted octanol–water partition coefficient (Wildman–Crippen LogP) is 1.41. The molecule has 98 valence electrons. The normalized spacial score (nSPS) is 14.9. The zero-order valence-corrected chi connectivity index (χ0v) is 12.6. The molecule has 0 aromatic carbocycles. The van der Waals surface area contributed by atoms with E-state index in [1.165, 1.54) is 6.26 Å². The third-order valence-corrected chi connectivity index (χ3v) is 6.24. The third kappa shape index (κ3) is 3.26. The molecule has 0 aliphatic rings. The molecule has 1 N–H and O–H groups in total. The van der Waals surface area contributed by atoms with Crippen LogP contribution in [-0.4, -0.2) is 37.5 Å². The molecule has 0 fully saturated rings. The molecule has 17 heavy (non-hydrogen) atoms. The highest BCUT2D eigenvalue weighted by Crippen LogP contribution is 2.23. The summed E-state index contributed by atoms with van der Waals surface area (Å²) >= 11 is 1.59. The number of hydrogen-bond donors (Lipinski definition) is 1. The van der Waals surface area contributed by atoms with E-state index in [4.69, 9.17) is 0 Å². The fourth-order valence-corrected chi connectivity index (χ4v) is 3.01. The van der Waals surface area contributed by atoms with E-state index in [2.05, 4.69) is 10.3 Å². The van der Waals surface area contributed by atoms with Crippen LogP contribution in [0.15, 0.2) is 5.38 Å². The van der Waals surface area contributed by atoms with Crippen LogP contribution in [0.2, 0.25) is 0 Å². The number of rotatable bonds is 5. The Hall–Kier alpha value is -0.460. The number of sulfone groups is 1. The molecular formula is C11H20N2O2S2. The topological polar surface area (TPSA) is 59.1 Å². The summed E-state index contributed by atoms with van der Waals surface area (Å²) in [5, 5.41) is 6.08. The Morgan fingerprint density at radius 2 is 2.12 bits per heavy atom. The molecule has 1 heterocycles. The molecule has 1 unspecified atom stereocenters. The van der Waals surface area contributed by atoms with E-state index in [0.717, 1.165) is 10.7 Å². The molecule has 1 aromatic heterocycles. The van der Waals surface area contributed by atoms with Gasteiger partial charge in [0.2, 0.25) is 0 Å². The van der Waals surface area contributed by atoms with Gasteiger partial charge in [0.15, 0.2) is 9.84 Å². The van der Waals surface area contributed by atoms with Crippen LogP contribution in [-0.2, 0) is 16.3 Å². The largest absolute Gasteiger partial charge is 0.315 e. The second-order valence-corrected chi connectivity index (χ2v) is 8.44. The van der Waals surface area contributed by atoms with Crippen LogP contribution in [0.5, 0.6) is 0 Å². The first kappa shape index (κ1) is 14.6. The Kier molecular flexibility index (Phi) is 4.33. The number of aromatic nitrogens is 1. The van der Waals surface area contributed by atoms with Gasteiger partial charge >= 0.3 is 0 Å². The van der Waals surface area contributed by atoms with Crippen molar-refractivity contribution in [2.75, 3.05) is 13.3 Å². The number of likely N-dealkylation sites (N-methyl/N-ethyl adjacent to an activating group) is 1. The molecule has 0 spiro atoms. The summed E-state index contributed by atoms with van der Waals surface area (Å²) in [7, 11) is -1.33. The zero-order valence-electron chi connectivity index (χ0n) is 10.9. The maximum atomic E-state index is 11.8.